The summed E-state index contributed by atoms with van der Waals surface area (Å²) in [6.07, 6.45) is 8.18. The lowest BCUT2D eigenvalue weighted by Gasteiger charge is -2.17. The molecule has 0 bridgehead atoms. The molecule has 0 saturated carbocycles. The number of carbonyl (C=O) groups excluding carboxylic acids is 1. The van der Waals surface area contributed by atoms with Gasteiger partial charge < -0.3 is 14.4 Å². The molecular weight excluding hydrogens is 374 g/mol. The van der Waals surface area contributed by atoms with Gasteiger partial charge in [-0.05, 0) is 46.7 Å². The van der Waals surface area contributed by atoms with Crippen LogP contribution in [0.25, 0.3) is 11.4 Å². The van der Waals surface area contributed by atoms with Crippen LogP contribution >= 0.6 is 11.3 Å². The lowest BCUT2D eigenvalue weighted by molar-refractivity contribution is -0.121. The summed E-state index contributed by atoms with van der Waals surface area (Å²) in [5.74, 6) is 1.000. The van der Waals surface area contributed by atoms with Crippen molar-refractivity contribution >= 4 is 17.2 Å². The van der Waals surface area contributed by atoms with Gasteiger partial charge in [0.15, 0.2) is 0 Å². The Morgan fingerprint density at radius 3 is 2.79 bits per heavy atom. The number of pyridine rings is 1. The largest absolute Gasteiger partial charge is 0.356 e. The van der Waals surface area contributed by atoms with Gasteiger partial charge in [0, 0.05) is 43.3 Å². The third-order valence-electron chi connectivity index (χ3n) is 4.36. The molecular formula is C20H19N5O2S. The number of nitrogens with zero attached hydrogens (tertiary/aromatic N) is 4. The van der Waals surface area contributed by atoms with E-state index in [9.17, 15) is 4.79 Å². The Balaban J connectivity index is 1.31. The molecule has 142 valence electrons. The van der Waals surface area contributed by atoms with Gasteiger partial charge in [-0.25, -0.2) is 0 Å². The van der Waals surface area contributed by atoms with Crippen LogP contribution < -0.4 is 5.32 Å². The quantitative estimate of drug-likeness (QED) is 0.496. The molecule has 4 heterocycles. The van der Waals surface area contributed by atoms with Crippen LogP contribution in [0.3, 0.4) is 0 Å². The van der Waals surface area contributed by atoms with Crippen molar-refractivity contribution in [2.75, 3.05) is 6.54 Å². The van der Waals surface area contributed by atoms with Gasteiger partial charge in [-0.3, -0.25) is 9.78 Å². The summed E-state index contributed by atoms with van der Waals surface area (Å²) < 4.78 is 7.32. The standard InChI is InChI=1S/C20H19N5O2S/c26-18(13-17(16-6-12-28-14-16)25-10-1-2-11-25)22-9-5-19-23-20(24-27-19)15-3-7-21-8-4-15/h1-4,6-8,10-12,14,17H,5,9,13H2,(H,22,26)/t17-/m0/s1. The van der Waals surface area contributed by atoms with Gasteiger partial charge in [0.2, 0.25) is 17.6 Å². The van der Waals surface area contributed by atoms with Gasteiger partial charge in [0.25, 0.3) is 0 Å². The number of thiophene rings is 1. The molecule has 4 aromatic rings. The number of hydrogen-bond donors (Lipinski definition) is 1. The summed E-state index contributed by atoms with van der Waals surface area (Å²) in [5, 5.41) is 11.0. The molecule has 0 aromatic carbocycles. The van der Waals surface area contributed by atoms with Crippen molar-refractivity contribution in [2.45, 2.75) is 18.9 Å². The molecule has 0 aliphatic rings. The zero-order chi connectivity index (χ0) is 19.2. The average Bonchev–Trinajstić information content (AvgIpc) is 3.49. The third-order valence-corrected chi connectivity index (χ3v) is 5.06. The van der Waals surface area contributed by atoms with Gasteiger partial charge in [0.05, 0.1) is 12.5 Å². The van der Waals surface area contributed by atoms with Crippen molar-refractivity contribution in [3.63, 3.8) is 0 Å². The maximum absolute atomic E-state index is 12.5. The summed E-state index contributed by atoms with van der Waals surface area (Å²) in [7, 11) is 0. The van der Waals surface area contributed by atoms with Crippen molar-refractivity contribution in [1.29, 1.82) is 0 Å². The fraction of sp³-hybridized carbons (Fsp3) is 0.200. The average molecular weight is 393 g/mol. The van der Waals surface area contributed by atoms with Crippen LogP contribution in [0.1, 0.15) is 23.9 Å². The minimum atomic E-state index is -0.0150. The van der Waals surface area contributed by atoms with E-state index in [-0.39, 0.29) is 11.9 Å². The van der Waals surface area contributed by atoms with Gasteiger partial charge in [-0.15, -0.1) is 0 Å². The second kappa shape index (κ2) is 8.62. The molecule has 1 N–H and O–H groups in total. The Morgan fingerprint density at radius 2 is 2.04 bits per heavy atom. The minimum Gasteiger partial charge on any atom is -0.356 e. The van der Waals surface area contributed by atoms with E-state index in [2.05, 4.69) is 36.5 Å². The van der Waals surface area contributed by atoms with Crippen LogP contribution in [0, 0.1) is 0 Å². The molecule has 0 saturated heterocycles. The van der Waals surface area contributed by atoms with Crippen molar-refractivity contribution < 1.29 is 9.32 Å². The number of carbonyl (C=O) groups is 1. The molecule has 7 nitrogen and oxygen atoms in total. The summed E-state index contributed by atoms with van der Waals surface area (Å²) in [6.45, 7) is 0.443. The maximum atomic E-state index is 12.5. The Morgan fingerprint density at radius 1 is 1.21 bits per heavy atom. The molecule has 1 atom stereocenters. The summed E-state index contributed by atoms with van der Waals surface area (Å²) >= 11 is 1.63. The van der Waals surface area contributed by atoms with E-state index in [1.54, 1.807) is 23.7 Å². The summed E-state index contributed by atoms with van der Waals surface area (Å²) in [4.78, 5) is 20.8. The highest BCUT2D eigenvalue weighted by molar-refractivity contribution is 7.08. The van der Waals surface area contributed by atoms with Crippen LogP contribution in [0.4, 0.5) is 0 Å². The molecule has 0 aliphatic carbocycles. The lowest BCUT2D eigenvalue weighted by atomic mass is 10.1. The SMILES string of the molecule is O=C(C[C@@H](c1ccsc1)n1cccc1)NCCc1nc(-c2ccncc2)no1. The Hall–Kier alpha value is -3.26. The van der Waals surface area contributed by atoms with Gasteiger partial charge in [-0.1, -0.05) is 5.16 Å². The first kappa shape index (κ1) is 18.1. The smallest absolute Gasteiger partial charge is 0.228 e. The van der Waals surface area contributed by atoms with Gasteiger partial charge >= 0.3 is 0 Å². The molecule has 28 heavy (non-hydrogen) atoms. The van der Waals surface area contributed by atoms with E-state index in [1.807, 2.05) is 42.0 Å². The summed E-state index contributed by atoms with van der Waals surface area (Å²) in [6, 6.07) is 9.62. The van der Waals surface area contributed by atoms with Crippen LogP contribution in [0.15, 0.2) is 70.4 Å². The molecule has 4 aromatic heterocycles. The Labute approximate surface area is 166 Å². The molecule has 0 radical (unpaired) electrons. The van der Waals surface area contributed by atoms with E-state index < -0.39 is 0 Å². The van der Waals surface area contributed by atoms with Crippen LogP contribution in [0.5, 0.6) is 0 Å². The predicted molar refractivity (Wildman–Crippen MR) is 106 cm³/mol. The fourth-order valence-corrected chi connectivity index (χ4v) is 3.65. The zero-order valence-corrected chi connectivity index (χ0v) is 15.9. The molecule has 4 rings (SSSR count). The van der Waals surface area contributed by atoms with E-state index in [0.29, 0.717) is 31.1 Å². The first-order chi connectivity index (χ1) is 13.8. The number of aromatic nitrogens is 4. The highest BCUT2D eigenvalue weighted by Crippen LogP contribution is 2.24. The highest BCUT2D eigenvalue weighted by atomic mass is 32.1. The first-order valence-corrected chi connectivity index (χ1v) is 9.88. The molecule has 0 aliphatic heterocycles. The Kier molecular flexibility index (Phi) is 5.58. The molecule has 0 unspecified atom stereocenters. The lowest BCUT2D eigenvalue weighted by Crippen LogP contribution is -2.28. The molecule has 0 fully saturated rings. The summed E-state index contributed by atoms with van der Waals surface area (Å²) in [5.41, 5.74) is 1.98. The van der Waals surface area contributed by atoms with E-state index in [4.69, 9.17) is 4.52 Å². The molecule has 8 heteroatoms. The fourth-order valence-electron chi connectivity index (χ4n) is 2.95. The normalized spacial score (nSPS) is 12.0. The van der Waals surface area contributed by atoms with Gasteiger partial charge in [0.1, 0.15) is 0 Å². The number of hydrogen-bond acceptors (Lipinski definition) is 6. The number of nitrogens with one attached hydrogen (secondary N) is 1. The molecule has 1 amide bonds. The van der Waals surface area contributed by atoms with E-state index in [0.717, 1.165) is 11.1 Å². The van der Waals surface area contributed by atoms with E-state index in [1.165, 1.54) is 0 Å². The van der Waals surface area contributed by atoms with Crippen LogP contribution in [-0.2, 0) is 11.2 Å². The first-order valence-electron chi connectivity index (χ1n) is 8.94. The zero-order valence-electron chi connectivity index (χ0n) is 15.1. The molecule has 0 spiro atoms. The van der Waals surface area contributed by atoms with Crippen molar-refractivity contribution in [2.24, 2.45) is 0 Å². The number of amides is 1. The number of rotatable bonds is 8. The van der Waals surface area contributed by atoms with E-state index >= 15 is 0 Å². The van der Waals surface area contributed by atoms with Crippen LogP contribution in [-0.4, -0.2) is 32.1 Å². The minimum absolute atomic E-state index is 0.0112. The predicted octanol–water partition coefficient (Wildman–Crippen LogP) is 3.33. The third kappa shape index (κ3) is 4.34. The van der Waals surface area contributed by atoms with Crippen molar-refractivity contribution in [3.8, 4) is 11.4 Å². The maximum Gasteiger partial charge on any atom is 0.228 e. The second-order valence-electron chi connectivity index (χ2n) is 6.25. The van der Waals surface area contributed by atoms with Crippen LogP contribution in [0.2, 0.25) is 0 Å². The highest BCUT2D eigenvalue weighted by Gasteiger charge is 2.18. The van der Waals surface area contributed by atoms with Crippen molar-refractivity contribution in [1.82, 2.24) is 25.0 Å². The van der Waals surface area contributed by atoms with Crippen molar-refractivity contribution in [3.05, 3.63) is 77.3 Å². The van der Waals surface area contributed by atoms with Gasteiger partial charge in [-0.2, -0.15) is 16.3 Å². The second-order valence-corrected chi connectivity index (χ2v) is 7.03. The Bertz CT molecular complexity index is 962. The monoisotopic (exact) mass is 393 g/mol. The topological polar surface area (TPSA) is 85.8 Å².